The molecule has 1 aromatic heterocycles. The molecule has 2 aliphatic heterocycles. The van der Waals surface area contributed by atoms with E-state index in [1.165, 1.54) is 0 Å². The van der Waals surface area contributed by atoms with Crippen molar-refractivity contribution in [2.45, 2.75) is 26.3 Å². The summed E-state index contributed by atoms with van der Waals surface area (Å²) in [7, 11) is 0. The van der Waals surface area contributed by atoms with Gasteiger partial charge in [0.1, 0.15) is 5.01 Å². The average molecular weight is 385 g/mol. The van der Waals surface area contributed by atoms with Gasteiger partial charge >= 0.3 is 0 Å². The maximum absolute atomic E-state index is 12.0. The summed E-state index contributed by atoms with van der Waals surface area (Å²) in [4.78, 5) is 34.4. The first-order valence-corrected chi connectivity index (χ1v) is 10.3. The summed E-state index contributed by atoms with van der Waals surface area (Å²) >= 11 is 1.67. The molecule has 0 radical (unpaired) electrons. The van der Waals surface area contributed by atoms with Crippen LogP contribution in [0.3, 0.4) is 0 Å². The topological polar surface area (TPSA) is 56.8 Å². The fourth-order valence-corrected chi connectivity index (χ4v) is 4.53. The minimum atomic E-state index is 0.155. The number of anilines is 1. The number of thiazole rings is 1. The summed E-state index contributed by atoms with van der Waals surface area (Å²) in [6.45, 7) is 6.62. The van der Waals surface area contributed by atoms with E-state index in [1.807, 2.05) is 21.9 Å². The van der Waals surface area contributed by atoms with Crippen LogP contribution in [-0.4, -0.2) is 59.3 Å². The highest BCUT2D eigenvalue weighted by Gasteiger charge is 2.22. The van der Waals surface area contributed by atoms with Crippen molar-refractivity contribution in [3.05, 3.63) is 34.7 Å². The SMILES string of the molecule is CC(=O)N1CCN(Cc2nc(-c3cccc(N4CCCC4=O)c3)cs2)CC1. The molecule has 0 saturated carbocycles. The van der Waals surface area contributed by atoms with E-state index in [-0.39, 0.29) is 11.8 Å². The first kappa shape index (κ1) is 18.1. The van der Waals surface area contributed by atoms with Crippen molar-refractivity contribution < 1.29 is 9.59 Å². The first-order chi connectivity index (χ1) is 13.1. The second-order valence-corrected chi connectivity index (χ2v) is 8.05. The van der Waals surface area contributed by atoms with E-state index in [0.717, 1.165) is 67.6 Å². The maximum atomic E-state index is 12.0. The summed E-state index contributed by atoms with van der Waals surface area (Å²) in [6, 6.07) is 8.10. The van der Waals surface area contributed by atoms with Gasteiger partial charge in [0, 0.05) is 62.7 Å². The zero-order valence-electron chi connectivity index (χ0n) is 15.6. The van der Waals surface area contributed by atoms with Gasteiger partial charge in [-0.05, 0) is 18.6 Å². The monoisotopic (exact) mass is 384 g/mol. The Labute approximate surface area is 163 Å². The van der Waals surface area contributed by atoms with E-state index in [2.05, 4.69) is 22.4 Å². The molecule has 0 N–H and O–H groups in total. The molecule has 142 valence electrons. The number of hydrogen-bond donors (Lipinski definition) is 0. The van der Waals surface area contributed by atoms with E-state index in [1.54, 1.807) is 18.3 Å². The van der Waals surface area contributed by atoms with E-state index in [9.17, 15) is 9.59 Å². The van der Waals surface area contributed by atoms with E-state index in [0.29, 0.717) is 6.42 Å². The van der Waals surface area contributed by atoms with E-state index < -0.39 is 0 Å². The third-order valence-electron chi connectivity index (χ3n) is 5.26. The number of amides is 2. The van der Waals surface area contributed by atoms with Crippen molar-refractivity contribution in [2.24, 2.45) is 0 Å². The van der Waals surface area contributed by atoms with Gasteiger partial charge in [-0.3, -0.25) is 14.5 Å². The number of piperazine rings is 1. The van der Waals surface area contributed by atoms with Gasteiger partial charge < -0.3 is 9.80 Å². The zero-order chi connectivity index (χ0) is 18.8. The van der Waals surface area contributed by atoms with Crippen LogP contribution in [0.15, 0.2) is 29.6 Å². The molecule has 0 aliphatic carbocycles. The smallest absolute Gasteiger partial charge is 0.227 e. The molecular formula is C20H24N4O2S. The Morgan fingerprint density at radius 3 is 2.70 bits per heavy atom. The van der Waals surface area contributed by atoms with Crippen molar-refractivity contribution in [2.75, 3.05) is 37.6 Å². The predicted octanol–water partition coefficient (Wildman–Crippen LogP) is 2.60. The van der Waals surface area contributed by atoms with Gasteiger partial charge in [-0.25, -0.2) is 4.98 Å². The molecule has 0 bridgehead atoms. The number of carbonyl (C=O) groups excluding carboxylic acids is 2. The minimum Gasteiger partial charge on any atom is -0.340 e. The lowest BCUT2D eigenvalue weighted by atomic mass is 10.1. The predicted molar refractivity (Wildman–Crippen MR) is 107 cm³/mol. The lowest BCUT2D eigenvalue weighted by Crippen LogP contribution is -2.47. The normalized spacial score (nSPS) is 18.3. The molecule has 2 aliphatic rings. The highest BCUT2D eigenvalue weighted by atomic mass is 32.1. The summed E-state index contributed by atoms with van der Waals surface area (Å²) in [5.74, 6) is 0.360. The fraction of sp³-hybridized carbons (Fsp3) is 0.450. The minimum absolute atomic E-state index is 0.155. The molecule has 1 aromatic carbocycles. The van der Waals surface area contributed by atoms with Crippen LogP contribution >= 0.6 is 11.3 Å². The van der Waals surface area contributed by atoms with Crippen LogP contribution in [0.2, 0.25) is 0 Å². The molecule has 4 rings (SSSR count). The standard InChI is InChI=1S/C20H24N4O2S/c1-15(25)23-10-8-22(9-11-23)13-19-21-18(14-27-19)16-4-2-5-17(12-16)24-7-3-6-20(24)26/h2,4-5,12,14H,3,6-11,13H2,1H3. The molecule has 0 unspecified atom stereocenters. The molecule has 3 heterocycles. The number of hydrogen-bond acceptors (Lipinski definition) is 5. The summed E-state index contributed by atoms with van der Waals surface area (Å²) in [6.07, 6.45) is 1.57. The van der Waals surface area contributed by atoms with Gasteiger partial charge in [-0.2, -0.15) is 0 Å². The Hall–Kier alpha value is -2.25. The molecule has 2 fully saturated rings. The third kappa shape index (κ3) is 4.04. The van der Waals surface area contributed by atoms with Crippen LogP contribution in [0.4, 0.5) is 5.69 Å². The number of nitrogens with zero attached hydrogens (tertiary/aromatic N) is 4. The molecule has 0 spiro atoms. The first-order valence-electron chi connectivity index (χ1n) is 9.43. The van der Waals surface area contributed by atoms with E-state index in [4.69, 9.17) is 4.98 Å². The second kappa shape index (κ2) is 7.78. The largest absolute Gasteiger partial charge is 0.340 e. The number of rotatable bonds is 4. The number of aromatic nitrogens is 1. The Morgan fingerprint density at radius 1 is 1.19 bits per heavy atom. The lowest BCUT2D eigenvalue weighted by Gasteiger charge is -2.33. The quantitative estimate of drug-likeness (QED) is 0.813. The molecule has 2 amide bonds. The molecular weight excluding hydrogens is 360 g/mol. The van der Waals surface area contributed by atoms with Crippen LogP contribution in [0, 0.1) is 0 Å². The second-order valence-electron chi connectivity index (χ2n) is 7.11. The van der Waals surface area contributed by atoms with Gasteiger partial charge in [0.05, 0.1) is 12.2 Å². The molecule has 2 saturated heterocycles. The Balaban J connectivity index is 1.42. The third-order valence-corrected chi connectivity index (χ3v) is 6.09. The Kier molecular flexibility index (Phi) is 5.22. The van der Waals surface area contributed by atoms with Crippen molar-refractivity contribution in [1.29, 1.82) is 0 Å². The van der Waals surface area contributed by atoms with Crippen LogP contribution in [0.25, 0.3) is 11.3 Å². The van der Waals surface area contributed by atoms with Gasteiger partial charge in [0.25, 0.3) is 0 Å². The Morgan fingerprint density at radius 2 is 2.00 bits per heavy atom. The van der Waals surface area contributed by atoms with Crippen LogP contribution < -0.4 is 4.90 Å². The summed E-state index contributed by atoms with van der Waals surface area (Å²) < 4.78 is 0. The van der Waals surface area contributed by atoms with Crippen molar-refractivity contribution >= 4 is 28.8 Å². The summed E-state index contributed by atoms with van der Waals surface area (Å²) in [5, 5.41) is 3.18. The van der Waals surface area contributed by atoms with Crippen LogP contribution in [0.5, 0.6) is 0 Å². The maximum Gasteiger partial charge on any atom is 0.227 e. The van der Waals surface area contributed by atoms with Gasteiger partial charge in [-0.1, -0.05) is 12.1 Å². The molecule has 0 atom stereocenters. The van der Waals surface area contributed by atoms with Crippen molar-refractivity contribution in [3.8, 4) is 11.3 Å². The number of benzene rings is 1. The Bertz CT molecular complexity index is 842. The highest BCUT2D eigenvalue weighted by molar-refractivity contribution is 7.09. The number of carbonyl (C=O) groups is 2. The van der Waals surface area contributed by atoms with Crippen LogP contribution in [0.1, 0.15) is 24.8 Å². The van der Waals surface area contributed by atoms with Crippen molar-refractivity contribution in [1.82, 2.24) is 14.8 Å². The zero-order valence-corrected chi connectivity index (χ0v) is 16.4. The van der Waals surface area contributed by atoms with Gasteiger partial charge in [0.15, 0.2) is 0 Å². The van der Waals surface area contributed by atoms with Gasteiger partial charge in [0.2, 0.25) is 11.8 Å². The molecule has 6 nitrogen and oxygen atoms in total. The van der Waals surface area contributed by atoms with Crippen molar-refractivity contribution in [3.63, 3.8) is 0 Å². The van der Waals surface area contributed by atoms with E-state index >= 15 is 0 Å². The molecule has 7 heteroatoms. The molecule has 2 aromatic rings. The fourth-order valence-electron chi connectivity index (χ4n) is 3.68. The average Bonchev–Trinajstić information content (AvgIpc) is 3.31. The highest BCUT2D eigenvalue weighted by Crippen LogP contribution is 2.28. The molecule has 27 heavy (non-hydrogen) atoms. The van der Waals surface area contributed by atoms with Gasteiger partial charge in [-0.15, -0.1) is 11.3 Å². The lowest BCUT2D eigenvalue weighted by molar-refractivity contribution is -0.130. The van der Waals surface area contributed by atoms with Crippen LogP contribution in [-0.2, 0) is 16.1 Å². The summed E-state index contributed by atoms with van der Waals surface area (Å²) in [5.41, 5.74) is 2.98.